The van der Waals surface area contributed by atoms with Gasteiger partial charge in [0.15, 0.2) is 5.82 Å². The van der Waals surface area contributed by atoms with Crippen LogP contribution in [0.15, 0.2) is 66.7 Å². The van der Waals surface area contributed by atoms with Crippen LogP contribution in [0.2, 0.25) is 0 Å². The number of pyridine rings is 1. The van der Waals surface area contributed by atoms with Gasteiger partial charge in [-0.25, -0.2) is 14.5 Å². The Morgan fingerprint density at radius 3 is 2.41 bits per heavy atom. The second kappa shape index (κ2) is 14.2. The molecule has 0 aliphatic heterocycles. The average molecular weight is 648 g/mol. The van der Waals surface area contributed by atoms with E-state index in [1.165, 1.54) is 0 Å². The summed E-state index contributed by atoms with van der Waals surface area (Å²) in [7, 11) is -4.18. The van der Waals surface area contributed by atoms with Crippen molar-refractivity contribution >= 4 is 52.2 Å². The minimum absolute atomic E-state index is 0.0247. The molecule has 2 aromatic heterocycles. The van der Waals surface area contributed by atoms with Crippen LogP contribution in [-0.4, -0.2) is 45.9 Å². The van der Waals surface area contributed by atoms with E-state index in [0.717, 1.165) is 27.2 Å². The first-order chi connectivity index (χ1) is 22.0. The Labute approximate surface area is 269 Å². The third-order valence-electron chi connectivity index (χ3n) is 7.58. The summed E-state index contributed by atoms with van der Waals surface area (Å²) in [4.78, 5) is 22.2. The van der Waals surface area contributed by atoms with Crippen molar-refractivity contribution in [1.29, 1.82) is 0 Å². The fraction of sp³-hybridized carbons (Fsp3) is 0.382. The summed E-state index contributed by atoms with van der Waals surface area (Å²) in [5.41, 5.74) is 8.48. The molecule has 12 heteroatoms. The highest BCUT2D eigenvalue weighted by Gasteiger charge is 2.35. The minimum Gasteiger partial charge on any atom is -0.462 e. The van der Waals surface area contributed by atoms with E-state index in [4.69, 9.17) is 29.2 Å². The van der Waals surface area contributed by atoms with Crippen molar-refractivity contribution in [2.45, 2.75) is 66.3 Å². The Morgan fingerprint density at radius 1 is 0.978 bits per heavy atom. The van der Waals surface area contributed by atoms with E-state index in [1.807, 2.05) is 79.9 Å². The maximum Gasteiger partial charge on any atom is 0.459 e. The lowest BCUT2D eigenvalue weighted by Gasteiger charge is -2.29. The van der Waals surface area contributed by atoms with Gasteiger partial charge in [-0.2, -0.15) is 5.09 Å². The highest BCUT2D eigenvalue weighted by Crippen LogP contribution is 2.47. The molecule has 3 N–H and O–H groups in total. The molecule has 2 heterocycles. The highest BCUT2D eigenvalue weighted by molar-refractivity contribution is 7.52. The molecule has 0 radical (unpaired) electrons. The zero-order valence-corrected chi connectivity index (χ0v) is 28.0. The number of rotatable bonds is 14. The van der Waals surface area contributed by atoms with E-state index in [-0.39, 0.29) is 31.3 Å². The topological polar surface area (TPSA) is 140 Å². The van der Waals surface area contributed by atoms with E-state index in [2.05, 4.69) is 10.1 Å². The van der Waals surface area contributed by atoms with Crippen LogP contribution >= 0.6 is 7.75 Å². The number of nitrogens with zero attached hydrogens (tertiary/aromatic N) is 3. The predicted octanol–water partition coefficient (Wildman–Crippen LogP) is 7.19. The number of fused-ring (bicyclic) bond motifs is 4. The number of carbonyl (C=O) groups excluding carboxylic acids is 1. The van der Waals surface area contributed by atoms with Crippen LogP contribution in [0.1, 0.15) is 53.4 Å². The summed E-state index contributed by atoms with van der Waals surface area (Å²) in [5.74, 6) is 0.669. The van der Waals surface area contributed by atoms with Crippen LogP contribution < -0.4 is 15.3 Å². The van der Waals surface area contributed by atoms with Crippen molar-refractivity contribution in [3.8, 4) is 5.75 Å². The number of para-hydroxylation sites is 1. The number of esters is 1. The fourth-order valence-electron chi connectivity index (χ4n) is 5.34. The van der Waals surface area contributed by atoms with Crippen LogP contribution in [0.4, 0.5) is 5.82 Å². The van der Waals surface area contributed by atoms with Gasteiger partial charge in [0.2, 0.25) is 0 Å². The molecule has 11 nitrogen and oxygen atoms in total. The lowest BCUT2D eigenvalue weighted by molar-refractivity contribution is -0.149. The maximum atomic E-state index is 14.6. The number of benzene rings is 3. The molecular weight excluding hydrogens is 605 g/mol. The maximum absolute atomic E-state index is 14.6. The monoisotopic (exact) mass is 647 g/mol. The van der Waals surface area contributed by atoms with Gasteiger partial charge in [-0.1, -0.05) is 62.4 Å². The molecule has 0 amide bonds. The fourth-order valence-corrected chi connectivity index (χ4v) is 6.84. The van der Waals surface area contributed by atoms with E-state index in [1.54, 1.807) is 32.9 Å². The number of aromatic nitrogens is 3. The number of carbonyl (C=O) groups is 1. The Balaban J connectivity index is 1.55. The van der Waals surface area contributed by atoms with Gasteiger partial charge in [-0.15, -0.1) is 0 Å². The Hall–Kier alpha value is -4.02. The van der Waals surface area contributed by atoms with Gasteiger partial charge in [0.05, 0.1) is 29.8 Å². The molecule has 0 bridgehead atoms. The van der Waals surface area contributed by atoms with Gasteiger partial charge in [-0.05, 0) is 62.6 Å². The minimum atomic E-state index is -4.18. The van der Waals surface area contributed by atoms with Crippen LogP contribution in [0.3, 0.4) is 0 Å². The number of hydrogen-bond donors (Lipinski definition) is 2. The number of hydrogen-bond acceptors (Lipinski definition) is 9. The molecule has 5 aromatic rings. The Bertz CT molecular complexity index is 1890. The van der Waals surface area contributed by atoms with Crippen molar-refractivity contribution in [3.63, 3.8) is 0 Å². The second-order valence-corrected chi connectivity index (χ2v) is 13.5. The Morgan fingerprint density at radius 2 is 1.70 bits per heavy atom. The lowest BCUT2D eigenvalue weighted by Crippen LogP contribution is -2.36. The predicted molar refractivity (Wildman–Crippen MR) is 181 cm³/mol. The molecule has 5 rings (SSSR count). The van der Waals surface area contributed by atoms with E-state index >= 15 is 0 Å². The molecule has 0 fully saturated rings. The molecule has 0 saturated carbocycles. The zero-order valence-electron chi connectivity index (χ0n) is 27.1. The summed E-state index contributed by atoms with van der Waals surface area (Å²) in [6.07, 6.45) is -0.348. The van der Waals surface area contributed by atoms with E-state index in [9.17, 15) is 9.36 Å². The standard InChI is InChI=1S/C34H42N5O6P/c1-7-42-20-30-37-31-32(27-14-10-11-15-28(27)36-33(31)35)39(30)29(21(2)3)19-43-46(41,38-23(6)34(40)44-22(4)5)45-26-17-16-24-12-8-9-13-25(24)18-26/h8-18,21-23,29H,7,19-20H2,1-6H3,(H2,35,36)(H,38,41)/t23-,29-,46-/m0/s1. The largest absolute Gasteiger partial charge is 0.462 e. The number of ether oxygens (including phenoxy) is 2. The molecule has 46 heavy (non-hydrogen) atoms. The number of anilines is 1. The van der Waals surface area contributed by atoms with Gasteiger partial charge in [0.25, 0.3) is 0 Å². The lowest BCUT2D eigenvalue weighted by atomic mass is 10.0. The van der Waals surface area contributed by atoms with Crippen LogP contribution in [0.25, 0.3) is 32.7 Å². The molecule has 244 valence electrons. The number of nitrogen functional groups attached to an aromatic ring is 1. The van der Waals surface area contributed by atoms with Crippen LogP contribution in [0, 0.1) is 5.92 Å². The molecule has 3 atom stereocenters. The third kappa shape index (κ3) is 7.34. The smallest absolute Gasteiger partial charge is 0.459 e. The summed E-state index contributed by atoms with van der Waals surface area (Å²) in [6.45, 7) is 11.7. The summed E-state index contributed by atoms with van der Waals surface area (Å²) in [6, 6.07) is 19.5. The van der Waals surface area contributed by atoms with Gasteiger partial charge in [-0.3, -0.25) is 9.32 Å². The summed E-state index contributed by atoms with van der Waals surface area (Å²) >= 11 is 0. The molecule has 0 saturated heterocycles. The van der Waals surface area contributed by atoms with Crippen molar-refractivity contribution in [3.05, 3.63) is 72.6 Å². The van der Waals surface area contributed by atoms with Gasteiger partial charge in [0.1, 0.15) is 29.7 Å². The zero-order chi connectivity index (χ0) is 33.0. The molecular formula is C34H42N5O6P. The van der Waals surface area contributed by atoms with Crippen LogP contribution in [0.5, 0.6) is 5.75 Å². The Kier molecular flexibility index (Phi) is 10.3. The first kappa shape index (κ1) is 33.3. The van der Waals surface area contributed by atoms with Crippen molar-refractivity contribution in [2.24, 2.45) is 5.92 Å². The molecule has 0 spiro atoms. The van der Waals surface area contributed by atoms with Gasteiger partial charge < -0.3 is 24.3 Å². The van der Waals surface area contributed by atoms with Crippen molar-refractivity contribution in [2.75, 3.05) is 18.9 Å². The normalized spacial score (nSPS) is 14.6. The molecule has 0 aliphatic carbocycles. The first-order valence-electron chi connectivity index (χ1n) is 15.5. The number of nitrogens with two attached hydrogens (primary N) is 1. The first-order valence-corrected chi connectivity index (χ1v) is 17.1. The van der Waals surface area contributed by atoms with Gasteiger partial charge in [0, 0.05) is 12.0 Å². The summed E-state index contributed by atoms with van der Waals surface area (Å²) < 4.78 is 40.1. The van der Waals surface area contributed by atoms with Crippen molar-refractivity contribution < 1.29 is 27.9 Å². The quantitative estimate of drug-likeness (QED) is 0.0940. The molecule has 3 aromatic carbocycles. The highest BCUT2D eigenvalue weighted by atomic mass is 31.2. The second-order valence-electron chi connectivity index (χ2n) is 11.8. The number of imidazole rings is 1. The summed E-state index contributed by atoms with van der Waals surface area (Å²) in [5, 5.41) is 5.59. The third-order valence-corrected chi connectivity index (χ3v) is 9.23. The van der Waals surface area contributed by atoms with Gasteiger partial charge >= 0.3 is 13.7 Å². The van der Waals surface area contributed by atoms with E-state index < -0.39 is 19.8 Å². The molecule has 0 aliphatic rings. The average Bonchev–Trinajstić information content (AvgIpc) is 3.39. The van der Waals surface area contributed by atoms with E-state index in [0.29, 0.717) is 29.5 Å². The SMILES string of the molecule is CCOCc1nc2c(N)nc3ccccc3c2n1[C@@H](CO[P@@](=O)(N[C@@H](C)C(=O)OC(C)C)Oc1ccc2ccccc2c1)C(C)C. The van der Waals surface area contributed by atoms with Crippen molar-refractivity contribution in [1.82, 2.24) is 19.6 Å². The molecule has 0 unspecified atom stereocenters. The van der Waals surface area contributed by atoms with Crippen LogP contribution in [-0.2, 0) is 30.0 Å². The number of nitrogens with one attached hydrogen (secondary N) is 1.